The average Bonchev–Trinajstić information content (AvgIpc) is 3.30. The number of carbonyl (C=O) groups excluding carboxylic acids is 3. The highest BCUT2D eigenvalue weighted by Crippen LogP contribution is 2.53. The van der Waals surface area contributed by atoms with E-state index in [0.29, 0.717) is 37.0 Å². The van der Waals surface area contributed by atoms with Crippen molar-refractivity contribution in [3.8, 4) is 5.75 Å². The Hall–Kier alpha value is -3.80. The van der Waals surface area contributed by atoms with E-state index in [2.05, 4.69) is 0 Å². The summed E-state index contributed by atoms with van der Waals surface area (Å²) < 4.78 is 13.7. The van der Waals surface area contributed by atoms with Gasteiger partial charge < -0.3 is 26.2 Å². The molecule has 0 unspecified atom stereocenters. The number of aromatic hydroxyl groups is 1. The third-order valence-electron chi connectivity index (χ3n) is 9.21. The first-order valence-corrected chi connectivity index (χ1v) is 13.6. The van der Waals surface area contributed by atoms with Gasteiger partial charge in [-0.3, -0.25) is 24.2 Å². The van der Waals surface area contributed by atoms with Crippen LogP contribution in [0.2, 0.25) is 0 Å². The number of halogens is 1. The highest BCUT2D eigenvalue weighted by molar-refractivity contribution is 6.24. The minimum atomic E-state index is -2.67. The average molecular weight is 566 g/mol. The zero-order valence-electron chi connectivity index (χ0n) is 22.7. The largest absolute Gasteiger partial charge is 0.508 e. The Kier molecular flexibility index (Phi) is 6.25. The number of aliphatic hydroxyl groups excluding tert-OH is 2. The molecule has 11 heteroatoms. The second-order valence-electron chi connectivity index (χ2n) is 11.9. The van der Waals surface area contributed by atoms with Crippen molar-refractivity contribution < 1.29 is 39.2 Å². The molecule has 1 saturated heterocycles. The number of alkyl halides is 1. The standard InChI is InChI=1S/C30H32FN3O7/c1-33(2)23-19-10-16-9-15-8-14-4-3-13(11-34-6-5-17(31)12-34)7-18(14)24(35)20(15)25(36)21(16)27(38)30(19,41)28(39)22(26(23)37)29(32)40/h3-4,7-8,16-17,19,23,35-36,39,41H,5-6,9-12H2,1-2H3,(H2,32,40)/t16-,17+,19-,23-,30-/m0/s1. The van der Waals surface area contributed by atoms with Crippen molar-refractivity contribution in [2.45, 2.75) is 43.6 Å². The summed E-state index contributed by atoms with van der Waals surface area (Å²) in [6.07, 6.45) is -0.121. The predicted molar refractivity (Wildman–Crippen MR) is 147 cm³/mol. The number of Topliss-reactive ketones (excluding diaryl/α,β-unsaturated/α-hetero) is 2. The number of phenolic OH excluding ortho intramolecular Hbond substituents is 1. The van der Waals surface area contributed by atoms with Crippen LogP contribution in [0.4, 0.5) is 4.39 Å². The first-order chi connectivity index (χ1) is 19.3. The SMILES string of the molecule is CN(C)[C@@H]1C(=O)C(C(N)=O)=C(O)[C@@]2(O)C(=O)C3=C(O)c4c(cc5ccc(CN6CC[C@@H](F)C6)cc5c4O)C[C@H]3C[C@@H]12. The maximum atomic E-state index is 14.0. The number of primary amides is 1. The highest BCUT2D eigenvalue weighted by Gasteiger charge is 2.64. The topological polar surface area (TPSA) is 165 Å². The van der Waals surface area contributed by atoms with Crippen molar-refractivity contribution in [2.75, 3.05) is 27.2 Å². The second kappa shape index (κ2) is 9.37. The molecule has 41 heavy (non-hydrogen) atoms. The Morgan fingerprint density at radius 3 is 2.56 bits per heavy atom. The lowest BCUT2D eigenvalue weighted by atomic mass is 9.57. The monoisotopic (exact) mass is 565 g/mol. The third-order valence-corrected chi connectivity index (χ3v) is 9.21. The van der Waals surface area contributed by atoms with Crippen LogP contribution >= 0.6 is 0 Å². The summed E-state index contributed by atoms with van der Waals surface area (Å²) in [6.45, 7) is 1.47. The van der Waals surface area contributed by atoms with Crippen LogP contribution in [0.25, 0.3) is 16.5 Å². The Morgan fingerprint density at radius 2 is 1.93 bits per heavy atom. The van der Waals surface area contributed by atoms with E-state index in [9.17, 15) is 39.2 Å². The Labute approximate surface area is 235 Å². The van der Waals surface area contributed by atoms with Crippen LogP contribution in [0.15, 0.2) is 41.2 Å². The molecule has 6 N–H and O–H groups in total. The van der Waals surface area contributed by atoms with Gasteiger partial charge in [-0.1, -0.05) is 18.2 Å². The van der Waals surface area contributed by atoms with E-state index in [0.717, 1.165) is 10.9 Å². The fourth-order valence-electron chi connectivity index (χ4n) is 7.34. The van der Waals surface area contributed by atoms with E-state index in [-0.39, 0.29) is 29.7 Å². The lowest BCUT2D eigenvalue weighted by Gasteiger charge is -2.50. The summed E-state index contributed by atoms with van der Waals surface area (Å²) in [4.78, 5) is 42.7. The summed E-state index contributed by atoms with van der Waals surface area (Å²) in [5, 5.41) is 46.7. The number of hydrogen-bond donors (Lipinski definition) is 5. The van der Waals surface area contributed by atoms with Gasteiger partial charge in [0.25, 0.3) is 5.91 Å². The van der Waals surface area contributed by atoms with Crippen LogP contribution in [0.5, 0.6) is 5.75 Å². The molecule has 2 aromatic rings. The lowest BCUT2D eigenvalue weighted by Crippen LogP contribution is -2.65. The van der Waals surface area contributed by atoms with Gasteiger partial charge in [0, 0.05) is 36.5 Å². The maximum Gasteiger partial charge on any atom is 0.255 e. The summed E-state index contributed by atoms with van der Waals surface area (Å²) in [7, 11) is 3.12. The van der Waals surface area contributed by atoms with Crippen molar-refractivity contribution in [2.24, 2.45) is 17.6 Å². The van der Waals surface area contributed by atoms with Crippen LogP contribution in [0, 0.1) is 11.8 Å². The Morgan fingerprint density at radius 1 is 1.20 bits per heavy atom. The van der Waals surface area contributed by atoms with Gasteiger partial charge in [0.2, 0.25) is 5.78 Å². The predicted octanol–water partition coefficient (Wildman–Crippen LogP) is 1.66. The minimum absolute atomic E-state index is 0.0366. The van der Waals surface area contributed by atoms with Crippen molar-refractivity contribution in [3.63, 3.8) is 0 Å². The first-order valence-electron chi connectivity index (χ1n) is 13.6. The van der Waals surface area contributed by atoms with Crippen LogP contribution in [-0.4, -0.2) is 92.7 Å². The number of ketones is 2. The molecule has 1 amide bonds. The number of likely N-dealkylation sites (N-methyl/N-ethyl adjacent to an activating group) is 1. The molecule has 4 aliphatic rings. The van der Waals surface area contributed by atoms with Crippen LogP contribution in [0.1, 0.15) is 29.5 Å². The lowest BCUT2D eigenvalue weighted by molar-refractivity contribution is -0.153. The Balaban J connectivity index is 1.47. The first kappa shape index (κ1) is 27.4. The molecule has 1 heterocycles. The second-order valence-corrected chi connectivity index (χ2v) is 11.9. The number of likely N-dealkylation sites (tertiary alicyclic amines) is 1. The van der Waals surface area contributed by atoms with Gasteiger partial charge in [-0.15, -0.1) is 0 Å². The summed E-state index contributed by atoms with van der Waals surface area (Å²) in [6, 6.07) is 6.24. The molecule has 1 aliphatic heterocycles. The molecule has 2 aromatic carbocycles. The van der Waals surface area contributed by atoms with Crippen molar-refractivity contribution in [1.82, 2.24) is 9.80 Å². The number of nitrogens with zero attached hydrogens (tertiary/aromatic N) is 2. The number of fused-ring (bicyclic) bond motifs is 4. The number of rotatable bonds is 4. The fourth-order valence-corrected chi connectivity index (χ4v) is 7.34. The van der Waals surface area contributed by atoms with Gasteiger partial charge >= 0.3 is 0 Å². The third kappa shape index (κ3) is 3.90. The Bertz CT molecular complexity index is 1600. The van der Waals surface area contributed by atoms with E-state index < -0.39 is 64.2 Å². The van der Waals surface area contributed by atoms with Gasteiger partial charge in [-0.05, 0) is 61.9 Å². The molecule has 10 nitrogen and oxygen atoms in total. The van der Waals surface area contributed by atoms with Gasteiger partial charge in [-0.25, -0.2) is 4.39 Å². The quantitative estimate of drug-likeness (QED) is 0.347. The molecular weight excluding hydrogens is 533 g/mol. The van der Waals surface area contributed by atoms with E-state index in [1.54, 1.807) is 20.2 Å². The summed E-state index contributed by atoms with van der Waals surface area (Å²) >= 11 is 0. The van der Waals surface area contributed by atoms with Crippen LogP contribution < -0.4 is 5.73 Å². The van der Waals surface area contributed by atoms with E-state index >= 15 is 0 Å². The van der Waals surface area contributed by atoms with Gasteiger partial charge in [0.15, 0.2) is 11.4 Å². The maximum absolute atomic E-state index is 14.0. The molecule has 1 saturated carbocycles. The molecule has 216 valence electrons. The smallest absolute Gasteiger partial charge is 0.255 e. The normalized spacial score (nSPS) is 30.2. The van der Waals surface area contributed by atoms with Crippen molar-refractivity contribution in [3.05, 3.63) is 57.9 Å². The molecule has 2 fully saturated rings. The minimum Gasteiger partial charge on any atom is -0.508 e. The zero-order chi connectivity index (χ0) is 29.5. The molecule has 0 spiro atoms. The number of benzene rings is 2. The van der Waals surface area contributed by atoms with Crippen LogP contribution in [-0.2, 0) is 27.3 Å². The molecule has 6 rings (SSSR count). The highest BCUT2D eigenvalue weighted by atomic mass is 19.1. The number of phenols is 1. The van der Waals surface area contributed by atoms with Crippen LogP contribution in [0.3, 0.4) is 0 Å². The van der Waals surface area contributed by atoms with E-state index in [4.69, 9.17) is 5.73 Å². The number of nitrogens with two attached hydrogens (primary N) is 1. The molecule has 0 radical (unpaired) electrons. The molecule has 3 aliphatic carbocycles. The van der Waals surface area contributed by atoms with Crippen molar-refractivity contribution in [1.29, 1.82) is 0 Å². The molecule has 0 bridgehead atoms. The van der Waals surface area contributed by atoms with Gasteiger partial charge in [0.05, 0.1) is 11.6 Å². The number of hydrogen-bond acceptors (Lipinski definition) is 9. The van der Waals surface area contributed by atoms with Crippen molar-refractivity contribution >= 4 is 34.0 Å². The molecule has 0 aromatic heterocycles. The number of carbonyl (C=O) groups is 3. The van der Waals surface area contributed by atoms with Gasteiger partial charge in [0.1, 0.15) is 29.0 Å². The summed E-state index contributed by atoms with van der Waals surface area (Å²) in [5.74, 6) is -6.72. The fraction of sp³-hybridized carbons (Fsp3) is 0.433. The number of amides is 1. The molecular formula is C30H32FN3O7. The van der Waals surface area contributed by atoms with E-state index in [1.165, 1.54) is 4.90 Å². The van der Waals surface area contributed by atoms with Gasteiger partial charge in [-0.2, -0.15) is 0 Å². The number of aliphatic hydroxyl groups is 3. The zero-order valence-corrected chi connectivity index (χ0v) is 22.7. The molecule has 5 atom stereocenters. The van der Waals surface area contributed by atoms with E-state index in [1.807, 2.05) is 23.1 Å². The summed E-state index contributed by atoms with van der Waals surface area (Å²) in [5.41, 5.74) is 3.16.